The van der Waals surface area contributed by atoms with Crippen LogP contribution in [-0.4, -0.2) is 34.5 Å². The van der Waals surface area contributed by atoms with Gasteiger partial charge in [0.2, 0.25) is 5.13 Å². The predicted octanol–water partition coefficient (Wildman–Crippen LogP) is 2.82. The fraction of sp³-hybridized carbons (Fsp3) is 0.308. The van der Waals surface area contributed by atoms with Gasteiger partial charge in [0.15, 0.2) is 3.95 Å². The number of anilines is 1. The van der Waals surface area contributed by atoms with Crippen molar-refractivity contribution in [3.63, 3.8) is 0 Å². The standard InChI is InChI=1S/C7H8S.C4H7NO5.C2H3N3S2/c1-6-2-4-7(8)5-3-6;1-4(2-9-3-6)10-5(7)8;3-1-4-5-2(6)7-1/h2-5,8H,1H3;3-4H,2H2,1H3;(H2,3,4)(H,5,6). The van der Waals surface area contributed by atoms with E-state index in [1.165, 1.54) is 23.8 Å². The molecule has 0 aliphatic carbocycles. The lowest BCUT2D eigenvalue weighted by atomic mass is 10.2. The first-order valence-electron chi connectivity index (χ1n) is 6.67. The molecule has 1 atom stereocenters. The first-order valence-corrected chi connectivity index (χ1v) is 8.34. The lowest BCUT2D eigenvalue weighted by Crippen LogP contribution is -2.18. The molecule has 138 valence electrons. The molecular formula is C13H18N4O5S3. The van der Waals surface area contributed by atoms with Gasteiger partial charge in [0.05, 0.1) is 0 Å². The molecule has 0 saturated heterocycles. The Kier molecular flexibility index (Phi) is 12.0. The third kappa shape index (κ3) is 13.9. The van der Waals surface area contributed by atoms with Crippen LogP contribution < -0.4 is 5.73 Å². The van der Waals surface area contributed by atoms with Gasteiger partial charge in [0.1, 0.15) is 12.7 Å². The molecule has 0 bridgehead atoms. The van der Waals surface area contributed by atoms with Crippen molar-refractivity contribution < 1.29 is 19.5 Å². The summed E-state index contributed by atoms with van der Waals surface area (Å²) in [7, 11) is 0. The molecule has 0 fully saturated rings. The topological polar surface area (TPSA) is 133 Å². The zero-order chi connectivity index (χ0) is 19.2. The minimum Gasteiger partial charge on any atom is -0.466 e. The van der Waals surface area contributed by atoms with Crippen LogP contribution in [0.4, 0.5) is 5.13 Å². The SMILES string of the molecule is CC(COC=O)O[N+](=O)[O-].Cc1ccc(S)cc1.Nc1n[nH]c(=S)s1. The van der Waals surface area contributed by atoms with Gasteiger partial charge in [0.25, 0.3) is 11.6 Å². The summed E-state index contributed by atoms with van der Waals surface area (Å²) in [6.07, 6.45) is -0.708. The Morgan fingerprint density at radius 1 is 1.52 bits per heavy atom. The van der Waals surface area contributed by atoms with E-state index < -0.39 is 11.2 Å². The second-order valence-corrected chi connectivity index (χ2v) is 6.57. The van der Waals surface area contributed by atoms with Crippen molar-refractivity contribution in [2.24, 2.45) is 0 Å². The maximum absolute atomic E-state index is 9.61. The average molecular weight is 407 g/mol. The summed E-state index contributed by atoms with van der Waals surface area (Å²) in [4.78, 5) is 24.2. The van der Waals surface area contributed by atoms with Crippen molar-refractivity contribution in [2.45, 2.75) is 24.8 Å². The summed E-state index contributed by atoms with van der Waals surface area (Å²) in [6.45, 7) is 3.59. The summed E-state index contributed by atoms with van der Waals surface area (Å²) in [6, 6.07) is 8.06. The van der Waals surface area contributed by atoms with E-state index in [4.69, 9.17) is 5.73 Å². The molecule has 1 heterocycles. The number of aryl methyl sites for hydroxylation is 1. The Hall–Kier alpha value is -2.18. The molecule has 12 heteroatoms. The molecule has 9 nitrogen and oxygen atoms in total. The molecule has 0 radical (unpaired) electrons. The van der Waals surface area contributed by atoms with E-state index in [-0.39, 0.29) is 13.1 Å². The Balaban J connectivity index is 0.000000350. The zero-order valence-corrected chi connectivity index (χ0v) is 16.0. The number of nitrogens with two attached hydrogens (primary N) is 1. The average Bonchev–Trinajstić information content (AvgIpc) is 2.92. The van der Waals surface area contributed by atoms with Crippen LogP contribution >= 0.6 is 36.2 Å². The van der Waals surface area contributed by atoms with Gasteiger partial charge >= 0.3 is 0 Å². The van der Waals surface area contributed by atoms with Crippen molar-refractivity contribution in [2.75, 3.05) is 12.3 Å². The van der Waals surface area contributed by atoms with E-state index in [1.807, 2.05) is 24.3 Å². The number of nitrogen functional groups attached to an aromatic ring is 1. The van der Waals surface area contributed by atoms with Crippen LogP contribution in [0.15, 0.2) is 29.2 Å². The van der Waals surface area contributed by atoms with Gasteiger partial charge in [0, 0.05) is 4.90 Å². The molecule has 2 aromatic rings. The van der Waals surface area contributed by atoms with Crippen LogP contribution in [0.2, 0.25) is 0 Å². The normalized spacial score (nSPS) is 10.2. The first kappa shape index (κ1) is 22.8. The summed E-state index contributed by atoms with van der Waals surface area (Å²) in [5, 5.41) is 15.3. The number of rotatable bonds is 5. The molecule has 0 amide bonds. The zero-order valence-electron chi connectivity index (χ0n) is 13.4. The maximum Gasteiger partial charge on any atom is 0.294 e. The van der Waals surface area contributed by atoms with Crippen molar-refractivity contribution >= 4 is 47.8 Å². The number of carbonyl (C=O) groups is 1. The number of H-pyrrole nitrogens is 1. The number of carbonyl (C=O) groups excluding carboxylic acids is 1. The highest BCUT2D eigenvalue weighted by Gasteiger charge is 2.05. The smallest absolute Gasteiger partial charge is 0.294 e. The fourth-order valence-electron chi connectivity index (χ4n) is 1.14. The van der Waals surface area contributed by atoms with Crippen LogP contribution in [0.3, 0.4) is 0 Å². The third-order valence-corrected chi connectivity index (χ3v) is 3.37. The van der Waals surface area contributed by atoms with E-state index in [9.17, 15) is 14.9 Å². The Morgan fingerprint density at radius 2 is 2.12 bits per heavy atom. The molecule has 0 saturated carbocycles. The number of benzene rings is 1. The van der Waals surface area contributed by atoms with Crippen LogP contribution in [0, 0.1) is 21.0 Å². The van der Waals surface area contributed by atoms with Crippen molar-refractivity contribution in [3.8, 4) is 0 Å². The van der Waals surface area contributed by atoms with Crippen LogP contribution in [0.25, 0.3) is 0 Å². The molecular weight excluding hydrogens is 388 g/mol. The molecule has 0 aliphatic heterocycles. The molecule has 0 aliphatic rings. The van der Waals surface area contributed by atoms with E-state index in [2.05, 4.69) is 51.5 Å². The van der Waals surface area contributed by atoms with E-state index in [1.54, 1.807) is 0 Å². The van der Waals surface area contributed by atoms with Gasteiger partial charge in [-0.15, -0.1) is 27.8 Å². The van der Waals surface area contributed by atoms with Crippen molar-refractivity contribution in [3.05, 3.63) is 43.9 Å². The molecule has 0 spiro atoms. The number of hydrogen-bond acceptors (Lipinski definition) is 10. The minimum absolute atomic E-state index is 0.107. The highest BCUT2D eigenvalue weighted by atomic mass is 32.1. The number of thiol groups is 1. The summed E-state index contributed by atoms with van der Waals surface area (Å²) in [5.41, 5.74) is 6.47. The molecule has 25 heavy (non-hydrogen) atoms. The second-order valence-electron chi connectivity index (χ2n) is 4.36. The van der Waals surface area contributed by atoms with Crippen molar-refractivity contribution in [1.82, 2.24) is 10.2 Å². The van der Waals surface area contributed by atoms with Crippen LogP contribution in [-0.2, 0) is 14.4 Å². The largest absolute Gasteiger partial charge is 0.466 e. The molecule has 2 rings (SSSR count). The molecule has 3 N–H and O–H groups in total. The van der Waals surface area contributed by atoms with Gasteiger partial charge in [-0.3, -0.25) is 9.89 Å². The van der Waals surface area contributed by atoms with E-state index in [0.717, 1.165) is 4.90 Å². The van der Waals surface area contributed by atoms with Gasteiger partial charge < -0.3 is 15.3 Å². The number of aromatic nitrogens is 2. The number of aromatic amines is 1. The lowest BCUT2D eigenvalue weighted by Gasteiger charge is -2.05. The summed E-state index contributed by atoms with van der Waals surface area (Å²) >= 11 is 10.1. The monoisotopic (exact) mass is 406 g/mol. The van der Waals surface area contributed by atoms with Gasteiger partial charge in [-0.1, -0.05) is 29.0 Å². The van der Waals surface area contributed by atoms with E-state index >= 15 is 0 Å². The highest BCUT2D eigenvalue weighted by molar-refractivity contribution is 7.80. The lowest BCUT2D eigenvalue weighted by molar-refractivity contribution is -0.767. The van der Waals surface area contributed by atoms with Gasteiger partial charge in [-0.2, -0.15) is 0 Å². The minimum atomic E-state index is -0.932. The predicted molar refractivity (Wildman–Crippen MR) is 99.7 cm³/mol. The van der Waals surface area contributed by atoms with Crippen LogP contribution in [0.5, 0.6) is 0 Å². The van der Waals surface area contributed by atoms with Crippen molar-refractivity contribution in [1.29, 1.82) is 0 Å². The summed E-state index contributed by atoms with van der Waals surface area (Å²) < 4.78 is 4.81. The first-order chi connectivity index (χ1) is 11.7. The summed E-state index contributed by atoms with van der Waals surface area (Å²) in [5.74, 6) is 0. The molecule has 1 aromatic heterocycles. The van der Waals surface area contributed by atoms with E-state index in [0.29, 0.717) is 9.09 Å². The maximum atomic E-state index is 9.61. The van der Waals surface area contributed by atoms with Gasteiger partial charge in [-0.05, 0) is 38.2 Å². The molecule has 1 unspecified atom stereocenters. The second kappa shape index (κ2) is 13.1. The quantitative estimate of drug-likeness (QED) is 0.227. The Morgan fingerprint density at radius 3 is 2.44 bits per heavy atom. The number of nitrogens with one attached hydrogen (secondary N) is 1. The number of hydrogen-bond donors (Lipinski definition) is 3. The number of ether oxygens (including phenoxy) is 1. The fourth-order valence-corrected chi connectivity index (χ4v) is 1.96. The Labute approximate surface area is 158 Å². The highest BCUT2D eigenvalue weighted by Crippen LogP contribution is 2.05. The molecule has 1 aromatic carbocycles. The van der Waals surface area contributed by atoms with Gasteiger partial charge in [-0.25, -0.2) is 0 Å². The third-order valence-electron chi connectivity index (χ3n) is 2.15. The Bertz CT molecular complexity index is 668. The van der Waals surface area contributed by atoms with Crippen LogP contribution in [0.1, 0.15) is 12.5 Å². The number of nitrogens with zero attached hydrogens (tertiary/aromatic N) is 2.